The number of benzene rings is 1. The molecule has 0 saturated heterocycles. The highest BCUT2D eigenvalue weighted by Crippen LogP contribution is 2.26. The molecule has 0 saturated carbocycles. The zero-order valence-electron chi connectivity index (χ0n) is 12.6. The first-order chi connectivity index (χ1) is 10.2. The van der Waals surface area contributed by atoms with E-state index in [4.69, 9.17) is 4.74 Å². The van der Waals surface area contributed by atoms with E-state index in [1.807, 2.05) is 23.1 Å². The van der Waals surface area contributed by atoms with Gasteiger partial charge in [-0.05, 0) is 53.5 Å². The van der Waals surface area contributed by atoms with E-state index in [2.05, 4.69) is 52.3 Å². The monoisotopic (exact) mass is 351 g/mol. The smallest absolute Gasteiger partial charge is 0.134 e. The largest absolute Gasteiger partial charge is 0.488 e. The molecule has 1 N–H and O–H groups in total. The van der Waals surface area contributed by atoms with E-state index in [0.717, 1.165) is 41.8 Å². The fourth-order valence-corrected chi connectivity index (χ4v) is 2.54. The molecule has 0 amide bonds. The minimum atomic E-state index is 0.534. The van der Waals surface area contributed by atoms with Gasteiger partial charge in [0.15, 0.2) is 0 Å². The maximum Gasteiger partial charge on any atom is 0.134 e. The Labute approximate surface area is 134 Å². The second kappa shape index (κ2) is 8.20. The molecular formula is C16H22BrN3O. The molecule has 1 aromatic heterocycles. The average Bonchev–Trinajstić information content (AvgIpc) is 2.95. The fourth-order valence-electron chi connectivity index (χ4n) is 2.00. The van der Waals surface area contributed by atoms with Gasteiger partial charge >= 0.3 is 0 Å². The number of rotatable bonds is 8. The topological polar surface area (TPSA) is 39.1 Å². The van der Waals surface area contributed by atoms with E-state index in [-0.39, 0.29) is 0 Å². The van der Waals surface area contributed by atoms with Crippen LogP contribution in [0.25, 0.3) is 0 Å². The van der Waals surface area contributed by atoms with Crippen LogP contribution in [0, 0.1) is 0 Å². The molecule has 0 atom stereocenters. The summed E-state index contributed by atoms with van der Waals surface area (Å²) in [7, 11) is 0. The summed E-state index contributed by atoms with van der Waals surface area (Å²) in [6.45, 7) is 7.57. The van der Waals surface area contributed by atoms with Crippen LogP contribution in [0.5, 0.6) is 5.75 Å². The van der Waals surface area contributed by atoms with Crippen molar-refractivity contribution in [1.82, 2.24) is 15.1 Å². The summed E-state index contributed by atoms with van der Waals surface area (Å²) in [6.07, 6.45) is 5.01. The molecule has 0 unspecified atom stereocenters. The van der Waals surface area contributed by atoms with Gasteiger partial charge in [0, 0.05) is 24.8 Å². The molecule has 0 aliphatic heterocycles. The van der Waals surface area contributed by atoms with Gasteiger partial charge < -0.3 is 10.1 Å². The zero-order chi connectivity index (χ0) is 15.1. The summed E-state index contributed by atoms with van der Waals surface area (Å²) < 4.78 is 8.73. The van der Waals surface area contributed by atoms with E-state index >= 15 is 0 Å². The maximum atomic E-state index is 5.84. The predicted octanol–water partition coefficient (Wildman–Crippen LogP) is 3.74. The molecule has 0 aliphatic rings. The van der Waals surface area contributed by atoms with Crippen molar-refractivity contribution in [2.24, 2.45) is 0 Å². The normalized spacial score (nSPS) is 10.8. The number of halogens is 1. The molecule has 1 heterocycles. The van der Waals surface area contributed by atoms with Crippen molar-refractivity contribution in [1.29, 1.82) is 0 Å². The van der Waals surface area contributed by atoms with E-state index in [9.17, 15) is 0 Å². The molecule has 2 aromatic rings. The molecule has 2 rings (SSSR count). The minimum Gasteiger partial charge on any atom is -0.488 e. The number of nitrogens with one attached hydrogen (secondary N) is 1. The number of aromatic nitrogens is 2. The lowest BCUT2D eigenvalue weighted by atomic mass is 10.2. The van der Waals surface area contributed by atoms with Gasteiger partial charge in [0.1, 0.15) is 12.4 Å². The van der Waals surface area contributed by atoms with Gasteiger partial charge in [-0.3, -0.25) is 4.68 Å². The molecule has 5 heteroatoms. The van der Waals surface area contributed by atoms with Crippen molar-refractivity contribution in [3.8, 4) is 5.75 Å². The Morgan fingerprint density at radius 1 is 1.29 bits per heavy atom. The third kappa shape index (κ3) is 4.86. The third-order valence-electron chi connectivity index (χ3n) is 3.16. The molecule has 0 bridgehead atoms. The van der Waals surface area contributed by atoms with Gasteiger partial charge in [-0.15, -0.1) is 0 Å². The molecule has 21 heavy (non-hydrogen) atoms. The fraction of sp³-hybridized carbons (Fsp3) is 0.438. The molecule has 0 spiro atoms. The van der Waals surface area contributed by atoms with Crippen molar-refractivity contribution in [3.63, 3.8) is 0 Å². The standard InChI is InChI=1S/C16H22BrN3O/c1-3-7-18-9-13-5-6-16(15(17)8-13)21-12-14-10-19-20(4-2)11-14/h5-6,8,10-11,18H,3-4,7,9,12H2,1-2H3. The minimum absolute atomic E-state index is 0.534. The quantitative estimate of drug-likeness (QED) is 0.736. The first-order valence-corrected chi connectivity index (χ1v) is 8.15. The third-order valence-corrected chi connectivity index (χ3v) is 3.78. The molecule has 0 radical (unpaired) electrons. The van der Waals surface area contributed by atoms with Crippen LogP contribution in [0.1, 0.15) is 31.4 Å². The van der Waals surface area contributed by atoms with Gasteiger partial charge in [-0.1, -0.05) is 13.0 Å². The van der Waals surface area contributed by atoms with Crippen LogP contribution in [0.4, 0.5) is 0 Å². The number of nitrogens with zero attached hydrogens (tertiary/aromatic N) is 2. The average molecular weight is 352 g/mol. The van der Waals surface area contributed by atoms with Crippen LogP contribution in [-0.4, -0.2) is 16.3 Å². The van der Waals surface area contributed by atoms with Crippen LogP contribution >= 0.6 is 15.9 Å². The predicted molar refractivity (Wildman–Crippen MR) is 88.4 cm³/mol. The second-order valence-corrected chi connectivity index (χ2v) is 5.79. The number of hydrogen-bond acceptors (Lipinski definition) is 3. The molecule has 4 nitrogen and oxygen atoms in total. The Balaban J connectivity index is 1.91. The van der Waals surface area contributed by atoms with Crippen molar-refractivity contribution < 1.29 is 4.74 Å². The summed E-state index contributed by atoms with van der Waals surface area (Å²) in [6, 6.07) is 6.21. The number of ether oxygens (including phenoxy) is 1. The summed E-state index contributed by atoms with van der Waals surface area (Å²) in [4.78, 5) is 0. The lowest BCUT2D eigenvalue weighted by Gasteiger charge is -2.09. The summed E-state index contributed by atoms with van der Waals surface area (Å²) in [5.41, 5.74) is 2.33. The van der Waals surface area contributed by atoms with Gasteiger partial charge in [0.2, 0.25) is 0 Å². The maximum absolute atomic E-state index is 5.84. The Kier molecular flexibility index (Phi) is 6.26. The highest BCUT2D eigenvalue weighted by atomic mass is 79.9. The van der Waals surface area contributed by atoms with E-state index in [1.165, 1.54) is 5.56 Å². The molecule has 0 fully saturated rings. The number of hydrogen-bond donors (Lipinski definition) is 1. The van der Waals surface area contributed by atoms with Crippen LogP contribution in [0.15, 0.2) is 35.1 Å². The SMILES string of the molecule is CCCNCc1ccc(OCc2cnn(CC)c2)c(Br)c1. The van der Waals surface area contributed by atoms with E-state index < -0.39 is 0 Å². The van der Waals surface area contributed by atoms with Gasteiger partial charge in [-0.2, -0.15) is 5.10 Å². The van der Waals surface area contributed by atoms with Crippen molar-refractivity contribution in [2.45, 2.75) is 40.0 Å². The molecule has 114 valence electrons. The van der Waals surface area contributed by atoms with Crippen LogP contribution in [0.2, 0.25) is 0 Å². The number of aryl methyl sites for hydroxylation is 1. The van der Waals surface area contributed by atoms with Gasteiger partial charge in [-0.25, -0.2) is 0 Å². The van der Waals surface area contributed by atoms with Crippen molar-refractivity contribution in [2.75, 3.05) is 6.54 Å². The molecule has 1 aromatic carbocycles. The molecule has 0 aliphatic carbocycles. The zero-order valence-corrected chi connectivity index (χ0v) is 14.2. The van der Waals surface area contributed by atoms with Crippen molar-refractivity contribution in [3.05, 3.63) is 46.2 Å². The summed E-state index contributed by atoms with van der Waals surface area (Å²) >= 11 is 3.57. The highest BCUT2D eigenvalue weighted by molar-refractivity contribution is 9.10. The Morgan fingerprint density at radius 3 is 2.81 bits per heavy atom. The first kappa shape index (κ1) is 16.0. The second-order valence-electron chi connectivity index (χ2n) is 4.93. The Hall–Kier alpha value is -1.33. The van der Waals surface area contributed by atoms with E-state index in [1.54, 1.807) is 0 Å². The van der Waals surface area contributed by atoms with Gasteiger partial charge in [0.05, 0.1) is 10.7 Å². The first-order valence-electron chi connectivity index (χ1n) is 7.36. The summed E-state index contributed by atoms with van der Waals surface area (Å²) in [5, 5.41) is 7.63. The van der Waals surface area contributed by atoms with Crippen LogP contribution in [0.3, 0.4) is 0 Å². The van der Waals surface area contributed by atoms with E-state index in [0.29, 0.717) is 6.61 Å². The summed E-state index contributed by atoms with van der Waals surface area (Å²) in [5.74, 6) is 0.860. The molecular weight excluding hydrogens is 330 g/mol. The lowest BCUT2D eigenvalue weighted by molar-refractivity contribution is 0.304. The van der Waals surface area contributed by atoms with Crippen LogP contribution < -0.4 is 10.1 Å². The highest BCUT2D eigenvalue weighted by Gasteiger charge is 2.04. The van der Waals surface area contributed by atoms with Crippen molar-refractivity contribution >= 4 is 15.9 Å². The Bertz CT molecular complexity index is 568. The lowest BCUT2D eigenvalue weighted by Crippen LogP contribution is -2.13. The Morgan fingerprint density at radius 2 is 2.14 bits per heavy atom. The van der Waals surface area contributed by atoms with Crippen LogP contribution in [-0.2, 0) is 19.7 Å². The van der Waals surface area contributed by atoms with Gasteiger partial charge in [0.25, 0.3) is 0 Å².